The van der Waals surface area contributed by atoms with Gasteiger partial charge in [-0.2, -0.15) is 0 Å². The lowest BCUT2D eigenvalue weighted by atomic mass is 10.1. The summed E-state index contributed by atoms with van der Waals surface area (Å²) >= 11 is 0. The van der Waals surface area contributed by atoms with Crippen LogP contribution < -0.4 is 9.47 Å². The molecule has 0 aliphatic rings. The normalized spacial score (nSPS) is 10.5. The first-order chi connectivity index (χ1) is 11.1. The van der Waals surface area contributed by atoms with Crippen molar-refractivity contribution < 1.29 is 14.3 Å². The van der Waals surface area contributed by atoms with Gasteiger partial charge in [0, 0.05) is 23.6 Å². The molecule has 0 amide bonds. The number of fused-ring (bicyclic) bond motifs is 1. The van der Waals surface area contributed by atoms with Gasteiger partial charge in [0.15, 0.2) is 0 Å². The summed E-state index contributed by atoms with van der Waals surface area (Å²) in [5, 5.41) is 1.09. The molecule has 1 aromatic heterocycles. The molecule has 3 rings (SSSR count). The smallest absolute Gasteiger partial charge is 0.308 e. The van der Waals surface area contributed by atoms with Crippen LogP contribution in [-0.2, 0) is 11.4 Å². The molecule has 0 N–H and O–H groups in total. The molecule has 0 bridgehead atoms. The van der Waals surface area contributed by atoms with Gasteiger partial charge in [0.25, 0.3) is 0 Å². The highest BCUT2D eigenvalue weighted by atomic mass is 16.5. The maximum atomic E-state index is 10.9. The standard InChI is InChI=1S/C19H17NO3/c1-13-11-15(18-5-3-4-6-19(18)20-13)12-22-16-7-9-17(10-8-16)23-14(2)21/h3-11H,12H2,1-2H3. The summed E-state index contributed by atoms with van der Waals surface area (Å²) in [7, 11) is 0. The van der Waals surface area contributed by atoms with E-state index in [4.69, 9.17) is 9.47 Å². The number of aromatic nitrogens is 1. The molecule has 0 aliphatic heterocycles. The number of hydrogen-bond acceptors (Lipinski definition) is 4. The number of esters is 1. The Balaban J connectivity index is 1.77. The fraction of sp³-hybridized carbons (Fsp3) is 0.158. The number of para-hydroxylation sites is 1. The zero-order valence-corrected chi connectivity index (χ0v) is 13.1. The molecule has 0 spiro atoms. The summed E-state index contributed by atoms with van der Waals surface area (Å²) in [6, 6.07) is 17.1. The monoisotopic (exact) mass is 307 g/mol. The third kappa shape index (κ3) is 3.66. The fourth-order valence-corrected chi connectivity index (χ4v) is 2.45. The van der Waals surface area contributed by atoms with Crippen LogP contribution in [0, 0.1) is 6.92 Å². The van der Waals surface area contributed by atoms with Crippen LogP contribution in [0.1, 0.15) is 18.2 Å². The highest BCUT2D eigenvalue weighted by Crippen LogP contribution is 2.22. The SMILES string of the molecule is CC(=O)Oc1ccc(OCc2cc(C)nc3ccccc23)cc1. The molecule has 2 aromatic carbocycles. The topological polar surface area (TPSA) is 48.4 Å². The van der Waals surface area contributed by atoms with Crippen LogP contribution >= 0.6 is 0 Å². The second-order valence-electron chi connectivity index (χ2n) is 5.29. The number of carbonyl (C=O) groups excluding carboxylic acids is 1. The molecule has 1 heterocycles. The van der Waals surface area contributed by atoms with Gasteiger partial charge in [-0.25, -0.2) is 0 Å². The molecule has 23 heavy (non-hydrogen) atoms. The minimum Gasteiger partial charge on any atom is -0.489 e. The maximum absolute atomic E-state index is 10.9. The first-order valence-corrected chi connectivity index (χ1v) is 7.38. The highest BCUT2D eigenvalue weighted by Gasteiger charge is 2.05. The van der Waals surface area contributed by atoms with Crippen molar-refractivity contribution in [2.45, 2.75) is 20.5 Å². The third-order valence-electron chi connectivity index (χ3n) is 3.41. The number of aryl methyl sites for hydroxylation is 1. The third-order valence-corrected chi connectivity index (χ3v) is 3.41. The molecule has 116 valence electrons. The van der Waals surface area contributed by atoms with Crippen molar-refractivity contribution in [1.82, 2.24) is 4.98 Å². The van der Waals surface area contributed by atoms with Crippen LogP contribution in [0.2, 0.25) is 0 Å². The minimum atomic E-state index is -0.336. The van der Waals surface area contributed by atoms with Crippen molar-refractivity contribution >= 4 is 16.9 Å². The van der Waals surface area contributed by atoms with Gasteiger partial charge in [-0.1, -0.05) is 18.2 Å². The average molecular weight is 307 g/mol. The number of pyridine rings is 1. The second-order valence-corrected chi connectivity index (χ2v) is 5.29. The van der Waals surface area contributed by atoms with Gasteiger partial charge in [0.05, 0.1) is 5.52 Å². The van der Waals surface area contributed by atoms with E-state index in [0.29, 0.717) is 12.4 Å². The summed E-state index contributed by atoms with van der Waals surface area (Å²) < 4.78 is 10.8. The van der Waals surface area contributed by atoms with E-state index < -0.39 is 0 Å². The van der Waals surface area contributed by atoms with Gasteiger partial charge in [-0.3, -0.25) is 9.78 Å². The Kier molecular flexibility index (Phi) is 4.24. The molecule has 0 saturated carbocycles. The van der Waals surface area contributed by atoms with Gasteiger partial charge in [-0.15, -0.1) is 0 Å². The van der Waals surface area contributed by atoms with E-state index in [2.05, 4.69) is 4.98 Å². The molecule has 0 fully saturated rings. The molecule has 0 unspecified atom stereocenters. The van der Waals surface area contributed by atoms with Crippen LogP contribution in [0.4, 0.5) is 0 Å². The van der Waals surface area contributed by atoms with Crippen molar-refractivity contribution in [2.24, 2.45) is 0 Å². The van der Waals surface area contributed by atoms with Gasteiger partial charge in [0.2, 0.25) is 0 Å². The molecule has 0 radical (unpaired) electrons. The number of benzene rings is 2. The van der Waals surface area contributed by atoms with Gasteiger partial charge >= 0.3 is 5.97 Å². The van der Waals surface area contributed by atoms with Crippen molar-refractivity contribution in [3.63, 3.8) is 0 Å². The quantitative estimate of drug-likeness (QED) is 0.539. The molecule has 4 nitrogen and oxygen atoms in total. The maximum Gasteiger partial charge on any atom is 0.308 e. The predicted octanol–water partition coefficient (Wildman–Crippen LogP) is 4.05. The van der Waals surface area contributed by atoms with Gasteiger partial charge < -0.3 is 9.47 Å². The Morgan fingerprint density at radius 2 is 1.74 bits per heavy atom. The summed E-state index contributed by atoms with van der Waals surface area (Å²) in [5.74, 6) is 0.895. The zero-order chi connectivity index (χ0) is 16.2. The van der Waals surface area contributed by atoms with Crippen LogP contribution in [0.3, 0.4) is 0 Å². The predicted molar refractivity (Wildman–Crippen MR) is 88.6 cm³/mol. The molecule has 0 aliphatic carbocycles. The Hall–Kier alpha value is -2.88. The van der Waals surface area contributed by atoms with E-state index in [9.17, 15) is 4.79 Å². The van der Waals surface area contributed by atoms with Crippen molar-refractivity contribution in [3.05, 3.63) is 65.9 Å². The van der Waals surface area contributed by atoms with Crippen LogP contribution in [0.15, 0.2) is 54.6 Å². The first kappa shape index (κ1) is 15.0. The van der Waals surface area contributed by atoms with Crippen molar-refractivity contribution in [3.8, 4) is 11.5 Å². The lowest BCUT2D eigenvalue weighted by molar-refractivity contribution is -0.131. The van der Waals surface area contributed by atoms with Crippen molar-refractivity contribution in [1.29, 1.82) is 0 Å². The zero-order valence-electron chi connectivity index (χ0n) is 13.1. The van der Waals surface area contributed by atoms with Crippen molar-refractivity contribution in [2.75, 3.05) is 0 Å². The molecule has 3 aromatic rings. The van der Waals surface area contributed by atoms with E-state index in [0.717, 1.165) is 27.9 Å². The van der Waals surface area contributed by atoms with Crippen LogP contribution in [0.5, 0.6) is 11.5 Å². The Morgan fingerprint density at radius 1 is 1.04 bits per heavy atom. The van der Waals surface area contributed by atoms with Gasteiger partial charge in [-0.05, 0) is 43.3 Å². The second kappa shape index (κ2) is 6.48. The Morgan fingerprint density at radius 3 is 2.48 bits per heavy atom. The first-order valence-electron chi connectivity index (χ1n) is 7.38. The van der Waals surface area contributed by atoms with E-state index >= 15 is 0 Å². The fourth-order valence-electron chi connectivity index (χ4n) is 2.45. The molecule has 4 heteroatoms. The van der Waals surface area contributed by atoms with E-state index in [1.165, 1.54) is 6.92 Å². The number of carbonyl (C=O) groups is 1. The largest absolute Gasteiger partial charge is 0.489 e. The molecule has 0 atom stereocenters. The number of ether oxygens (including phenoxy) is 2. The summed E-state index contributed by atoms with van der Waals surface area (Å²) in [4.78, 5) is 15.4. The van der Waals surface area contributed by atoms with E-state index in [-0.39, 0.29) is 5.97 Å². The molecule has 0 saturated heterocycles. The lowest BCUT2D eigenvalue weighted by Gasteiger charge is -2.10. The molecular formula is C19H17NO3. The summed E-state index contributed by atoms with van der Waals surface area (Å²) in [5.41, 5.74) is 3.03. The average Bonchev–Trinajstić information content (AvgIpc) is 2.53. The van der Waals surface area contributed by atoms with E-state index in [1.807, 2.05) is 37.3 Å². The minimum absolute atomic E-state index is 0.336. The Bertz CT molecular complexity index is 841. The number of hydrogen-bond donors (Lipinski definition) is 0. The number of nitrogens with zero attached hydrogens (tertiary/aromatic N) is 1. The van der Waals surface area contributed by atoms with Crippen LogP contribution in [0.25, 0.3) is 10.9 Å². The van der Waals surface area contributed by atoms with Crippen LogP contribution in [-0.4, -0.2) is 11.0 Å². The van der Waals surface area contributed by atoms with Gasteiger partial charge in [0.1, 0.15) is 18.1 Å². The lowest BCUT2D eigenvalue weighted by Crippen LogP contribution is -2.01. The summed E-state index contributed by atoms with van der Waals surface area (Å²) in [6.07, 6.45) is 0. The highest BCUT2D eigenvalue weighted by molar-refractivity contribution is 5.82. The molecular weight excluding hydrogens is 290 g/mol. The number of rotatable bonds is 4. The van der Waals surface area contributed by atoms with E-state index in [1.54, 1.807) is 24.3 Å². The Labute approximate surface area is 134 Å². The summed E-state index contributed by atoms with van der Waals surface area (Å²) in [6.45, 7) is 3.81.